The first-order valence-corrected chi connectivity index (χ1v) is 8.01. The van der Waals surface area contributed by atoms with Crippen LogP contribution in [0.15, 0.2) is 30.3 Å². The van der Waals surface area contributed by atoms with Gasteiger partial charge in [-0.15, -0.1) is 0 Å². The number of urea groups is 1. The Balaban J connectivity index is 1.62. The van der Waals surface area contributed by atoms with E-state index in [1.165, 1.54) is 17.0 Å². The van der Waals surface area contributed by atoms with Crippen molar-refractivity contribution in [3.63, 3.8) is 0 Å². The molecule has 2 aliphatic heterocycles. The summed E-state index contributed by atoms with van der Waals surface area (Å²) in [6, 6.07) is 8.35. The molecule has 2 bridgehead atoms. The van der Waals surface area contributed by atoms with Gasteiger partial charge >= 0.3 is 12.1 Å². The van der Waals surface area contributed by atoms with Gasteiger partial charge < -0.3 is 10.0 Å². The molecule has 9 nitrogen and oxygen atoms in total. The van der Waals surface area contributed by atoms with Crippen molar-refractivity contribution >= 4 is 18.0 Å². The SMILES string of the molecule is CN(NC(=O)[C@@H]1CC[C@@H]2CN1C(=O)N2OCc1ccccc1)C(=O)O. The zero-order chi connectivity index (χ0) is 18.0. The molecule has 4 amide bonds. The second kappa shape index (κ2) is 6.98. The number of hydrogen-bond donors (Lipinski definition) is 2. The van der Waals surface area contributed by atoms with Gasteiger partial charge in [0.2, 0.25) is 0 Å². The average molecular weight is 348 g/mol. The van der Waals surface area contributed by atoms with E-state index in [0.717, 1.165) is 5.56 Å². The Bertz CT molecular complexity index is 668. The Morgan fingerprint density at radius 1 is 1.32 bits per heavy atom. The van der Waals surface area contributed by atoms with E-state index in [2.05, 4.69) is 5.43 Å². The van der Waals surface area contributed by atoms with Crippen molar-refractivity contribution in [2.75, 3.05) is 13.6 Å². The van der Waals surface area contributed by atoms with Crippen molar-refractivity contribution in [1.82, 2.24) is 20.4 Å². The summed E-state index contributed by atoms with van der Waals surface area (Å²) >= 11 is 0. The van der Waals surface area contributed by atoms with Crippen molar-refractivity contribution in [1.29, 1.82) is 0 Å². The third-order valence-corrected chi connectivity index (χ3v) is 4.40. The van der Waals surface area contributed by atoms with Crippen LogP contribution in [-0.2, 0) is 16.2 Å². The highest BCUT2D eigenvalue weighted by Crippen LogP contribution is 2.30. The number of carboxylic acid groups (broad SMARTS) is 1. The molecule has 0 unspecified atom stereocenters. The summed E-state index contributed by atoms with van der Waals surface area (Å²) in [5.74, 6) is -0.512. The largest absolute Gasteiger partial charge is 0.464 e. The average Bonchev–Trinajstić information content (AvgIpc) is 2.84. The summed E-state index contributed by atoms with van der Waals surface area (Å²) in [6.45, 7) is 0.665. The van der Waals surface area contributed by atoms with E-state index in [4.69, 9.17) is 9.94 Å². The first-order valence-electron chi connectivity index (χ1n) is 8.01. The van der Waals surface area contributed by atoms with E-state index >= 15 is 0 Å². The normalized spacial score (nSPS) is 22.0. The number of rotatable bonds is 4. The fraction of sp³-hybridized carbons (Fsp3) is 0.438. The summed E-state index contributed by atoms with van der Waals surface area (Å²) in [5.41, 5.74) is 3.21. The number of fused-ring (bicyclic) bond motifs is 2. The maximum Gasteiger partial charge on any atom is 0.425 e. The van der Waals surface area contributed by atoms with Gasteiger partial charge in [0.15, 0.2) is 0 Å². The van der Waals surface area contributed by atoms with Crippen LogP contribution in [-0.4, -0.2) is 63.8 Å². The molecule has 2 fully saturated rings. The molecule has 0 aromatic heterocycles. The first kappa shape index (κ1) is 17.0. The third-order valence-electron chi connectivity index (χ3n) is 4.40. The molecule has 0 aliphatic carbocycles. The van der Waals surface area contributed by atoms with E-state index in [1.54, 1.807) is 0 Å². The minimum atomic E-state index is -1.28. The van der Waals surface area contributed by atoms with Crippen LogP contribution in [0.5, 0.6) is 0 Å². The molecule has 2 aliphatic rings. The lowest BCUT2D eigenvalue weighted by molar-refractivity contribution is -0.140. The minimum absolute atomic E-state index is 0.0996. The molecule has 2 atom stereocenters. The van der Waals surface area contributed by atoms with Crippen LogP contribution in [0.4, 0.5) is 9.59 Å². The molecule has 1 aromatic rings. The summed E-state index contributed by atoms with van der Waals surface area (Å²) in [6.07, 6.45) is -0.199. The van der Waals surface area contributed by atoms with Gasteiger partial charge in [-0.3, -0.25) is 15.1 Å². The fourth-order valence-corrected chi connectivity index (χ4v) is 3.08. The van der Waals surface area contributed by atoms with Crippen LogP contribution >= 0.6 is 0 Å². The Labute approximate surface area is 144 Å². The Morgan fingerprint density at radius 2 is 2.04 bits per heavy atom. The molecule has 3 rings (SSSR count). The van der Waals surface area contributed by atoms with Crippen LogP contribution < -0.4 is 5.43 Å². The van der Waals surface area contributed by atoms with E-state index in [9.17, 15) is 14.4 Å². The summed E-state index contributed by atoms with van der Waals surface area (Å²) < 4.78 is 0. The maximum absolute atomic E-state index is 12.6. The standard InChI is InChI=1S/C16H20N4O5/c1-18(16(23)24)17-14(21)13-8-7-12-9-19(13)15(22)20(12)25-10-11-5-3-2-4-6-11/h2-6,12-13H,7-10H2,1H3,(H,17,21)(H,23,24)/t12-,13+/m1/s1. The van der Waals surface area contributed by atoms with Gasteiger partial charge in [-0.05, 0) is 18.4 Å². The number of nitrogens with zero attached hydrogens (tertiary/aromatic N) is 3. The number of hydroxylamine groups is 2. The van der Waals surface area contributed by atoms with Crippen LogP contribution in [0.2, 0.25) is 0 Å². The van der Waals surface area contributed by atoms with Crippen molar-refractivity contribution in [2.45, 2.75) is 31.5 Å². The Morgan fingerprint density at radius 3 is 2.72 bits per heavy atom. The molecule has 134 valence electrons. The third kappa shape index (κ3) is 3.50. The van der Waals surface area contributed by atoms with Crippen molar-refractivity contribution < 1.29 is 24.3 Å². The highest BCUT2D eigenvalue weighted by atomic mass is 16.7. The van der Waals surface area contributed by atoms with Gasteiger partial charge in [-0.1, -0.05) is 30.3 Å². The van der Waals surface area contributed by atoms with Crippen molar-refractivity contribution in [3.8, 4) is 0 Å². The molecular formula is C16H20N4O5. The van der Waals surface area contributed by atoms with Crippen LogP contribution in [0.3, 0.4) is 0 Å². The number of hydrazine groups is 1. The number of hydrogen-bond acceptors (Lipinski definition) is 4. The summed E-state index contributed by atoms with van der Waals surface area (Å²) in [7, 11) is 1.23. The Kier molecular flexibility index (Phi) is 4.75. The topological polar surface area (TPSA) is 102 Å². The molecule has 2 heterocycles. The lowest BCUT2D eigenvalue weighted by Gasteiger charge is -2.30. The van der Waals surface area contributed by atoms with Gasteiger partial charge in [-0.2, -0.15) is 5.06 Å². The number of nitrogens with one attached hydrogen (secondary N) is 1. The van der Waals surface area contributed by atoms with Crippen molar-refractivity contribution in [2.24, 2.45) is 0 Å². The number of amides is 4. The van der Waals surface area contributed by atoms with Gasteiger partial charge in [0.1, 0.15) is 12.6 Å². The first-order chi connectivity index (χ1) is 12.0. The van der Waals surface area contributed by atoms with Crippen LogP contribution in [0.1, 0.15) is 18.4 Å². The molecule has 0 saturated carbocycles. The second-order valence-electron chi connectivity index (χ2n) is 6.08. The number of carbonyl (C=O) groups is 3. The molecule has 2 saturated heterocycles. The molecule has 25 heavy (non-hydrogen) atoms. The smallest absolute Gasteiger partial charge is 0.425 e. The maximum atomic E-state index is 12.6. The number of piperidine rings is 1. The highest BCUT2D eigenvalue weighted by Gasteiger charge is 2.48. The van der Waals surface area contributed by atoms with Gasteiger partial charge in [0.05, 0.1) is 6.04 Å². The van der Waals surface area contributed by atoms with E-state index in [0.29, 0.717) is 24.4 Å². The van der Waals surface area contributed by atoms with Gasteiger partial charge in [-0.25, -0.2) is 14.6 Å². The summed E-state index contributed by atoms with van der Waals surface area (Å²) in [4.78, 5) is 42.7. The van der Waals surface area contributed by atoms with E-state index in [-0.39, 0.29) is 18.7 Å². The minimum Gasteiger partial charge on any atom is -0.464 e. The number of benzene rings is 1. The van der Waals surface area contributed by atoms with Gasteiger partial charge in [0.25, 0.3) is 5.91 Å². The lowest BCUT2D eigenvalue weighted by Crippen LogP contribution is -2.54. The molecule has 1 aromatic carbocycles. The Hall–Kier alpha value is -2.81. The monoisotopic (exact) mass is 348 g/mol. The second-order valence-corrected chi connectivity index (χ2v) is 6.08. The number of carbonyl (C=O) groups excluding carboxylic acids is 2. The highest BCUT2D eigenvalue weighted by molar-refractivity contribution is 5.89. The van der Waals surface area contributed by atoms with Crippen LogP contribution in [0, 0.1) is 0 Å². The van der Waals surface area contributed by atoms with E-state index < -0.39 is 18.0 Å². The molecule has 2 N–H and O–H groups in total. The predicted octanol–water partition coefficient (Wildman–Crippen LogP) is 1.03. The molecule has 9 heteroatoms. The van der Waals surface area contributed by atoms with Crippen molar-refractivity contribution in [3.05, 3.63) is 35.9 Å². The molecule has 0 radical (unpaired) electrons. The zero-order valence-corrected chi connectivity index (χ0v) is 13.8. The summed E-state index contributed by atoms with van der Waals surface area (Å²) in [5, 5.41) is 10.8. The van der Waals surface area contributed by atoms with Gasteiger partial charge in [0, 0.05) is 13.6 Å². The molecular weight excluding hydrogens is 328 g/mol. The molecule has 0 spiro atoms. The predicted molar refractivity (Wildman–Crippen MR) is 85.9 cm³/mol. The quantitative estimate of drug-likeness (QED) is 0.791. The van der Waals surface area contributed by atoms with E-state index in [1.807, 2.05) is 30.3 Å². The van der Waals surface area contributed by atoms with Crippen LogP contribution in [0.25, 0.3) is 0 Å². The fourth-order valence-electron chi connectivity index (χ4n) is 3.08. The zero-order valence-electron chi connectivity index (χ0n) is 13.8. The lowest BCUT2D eigenvalue weighted by atomic mass is 10.0.